The van der Waals surface area contributed by atoms with Crippen molar-refractivity contribution in [3.63, 3.8) is 0 Å². The van der Waals surface area contributed by atoms with E-state index in [-0.39, 0.29) is 57.7 Å². The van der Waals surface area contributed by atoms with Gasteiger partial charge in [-0.2, -0.15) is 0 Å². The zero-order chi connectivity index (χ0) is 52.3. The molecular weight excluding hydrogens is 939 g/mol. The maximum atomic E-state index is 13.9. The summed E-state index contributed by atoms with van der Waals surface area (Å²) in [6, 6.07) is 2.04. The van der Waals surface area contributed by atoms with Crippen LogP contribution in [0.25, 0.3) is 0 Å². The minimum Gasteiger partial charge on any atom is -0.479 e. The van der Waals surface area contributed by atoms with E-state index in [0.717, 1.165) is 17.1 Å². The SMILES string of the molecule is COCCOCCOCCOCCOCCOCCN(N)/C=C(\N)CC(C(=O)NC(C(=O)NCC(=O)Nc1ccc(COC(C)=O)c(CCC2CC(O)[C@H](O)C(C(=O)O)O2)c1)C(C)C)N1C(=O)C=CC1=O. The van der Waals surface area contributed by atoms with Crippen LogP contribution in [0.4, 0.5) is 5.69 Å². The van der Waals surface area contributed by atoms with Gasteiger partial charge in [-0.05, 0) is 42.0 Å². The number of carbonyl (C=O) groups is 7. The van der Waals surface area contributed by atoms with E-state index >= 15 is 0 Å². The Hall–Kier alpha value is -5.61. The number of anilines is 1. The second-order valence-electron chi connectivity index (χ2n) is 16.7. The Morgan fingerprint density at radius 3 is 2.00 bits per heavy atom. The number of aliphatic carboxylic acids is 1. The summed E-state index contributed by atoms with van der Waals surface area (Å²) in [5.41, 5.74) is 7.77. The van der Waals surface area contributed by atoms with Crippen molar-refractivity contribution in [2.75, 3.05) is 98.2 Å². The van der Waals surface area contributed by atoms with Crippen LogP contribution >= 0.6 is 0 Å². The summed E-state index contributed by atoms with van der Waals surface area (Å²) in [4.78, 5) is 89.9. The van der Waals surface area contributed by atoms with E-state index in [4.69, 9.17) is 49.5 Å². The molecule has 1 saturated heterocycles. The van der Waals surface area contributed by atoms with Crippen LogP contribution in [0.2, 0.25) is 0 Å². The smallest absolute Gasteiger partial charge is 0.335 e. The van der Waals surface area contributed by atoms with Gasteiger partial charge in [-0.1, -0.05) is 19.9 Å². The Labute approximate surface area is 412 Å². The van der Waals surface area contributed by atoms with Gasteiger partial charge in [-0.25, -0.2) is 10.6 Å². The predicted molar refractivity (Wildman–Crippen MR) is 250 cm³/mol. The molecule has 0 spiro atoms. The number of ether oxygens (including phenoxy) is 8. The van der Waals surface area contributed by atoms with Crippen molar-refractivity contribution >= 4 is 47.2 Å². The maximum absolute atomic E-state index is 13.9. The molecule has 0 aromatic heterocycles. The molecular formula is C46H71N7O18. The first-order valence-corrected chi connectivity index (χ1v) is 23.2. The van der Waals surface area contributed by atoms with Crippen molar-refractivity contribution in [3.8, 4) is 0 Å². The number of imide groups is 1. The first kappa shape index (κ1) is 59.7. The third-order valence-corrected chi connectivity index (χ3v) is 10.7. The fraction of sp³-hybridized carbons (Fsp3) is 0.630. The van der Waals surface area contributed by atoms with E-state index in [1.165, 1.54) is 18.1 Å². The van der Waals surface area contributed by atoms with Gasteiger partial charge in [-0.3, -0.25) is 33.7 Å². The molecule has 71 heavy (non-hydrogen) atoms. The van der Waals surface area contributed by atoms with Crippen LogP contribution < -0.4 is 27.5 Å². The highest BCUT2D eigenvalue weighted by molar-refractivity contribution is 6.15. The molecule has 1 aromatic rings. The number of rotatable bonds is 35. The third kappa shape index (κ3) is 22.1. The second-order valence-corrected chi connectivity index (χ2v) is 16.7. The number of nitrogens with zero attached hydrogens (tertiary/aromatic N) is 2. The van der Waals surface area contributed by atoms with Gasteiger partial charge in [0.2, 0.25) is 17.7 Å². The third-order valence-electron chi connectivity index (χ3n) is 10.7. The Morgan fingerprint density at radius 1 is 0.873 bits per heavy atom. The predicted octanol–water partition coefficient (Wildman–Crippen LogP) is -1.77. The number of benzene rings is 1. The number of hydrazine groups is 1. The van der Waals surface area contributed by atoms with Crippen LogP contribution in [-0.2, 0) is 84.5 Å². The molecule has 0 radical (unpaired) electrons. The van der Waals surface area contributed by atoms with Crippen molar-refractivity contribution in [1.29, 1.82) is 0 Å². The molecule has 0 aliphatic carbocycles. The van der Waals surface area contributed by atoms with Gasteiger partial charge in [0.1, 0.15) is 24.8 Å². The fourth-order valence-electron chi connectivity index (χ4n) is 7.05. The van der Waals surface area contributed by atoms with E-state index in [1.807, 2.05) is 0 Å². The Bertz CT molecular complexity index is 1940. The lowest BCUT2D eigenvalue weighted by molar-refractivity contribution is -0.193. The van der Waals surface area contributed by atoms with Crippen LogP contribution in [0.3, 0.4) is 0 Å². The molecule has 2 heterocycles. The van der Waals surface area contributed by atoms with Gasteiger partial charge in [0.25, 0.3) is 11.8 Å². The second kappa shape index (κ2) is 32.4. The molecule has 1 fully saturated rings. The molecule has 5 unspecified atom stereocenters. The Kier molecular flexibility index (Phi) is 27.2. The molecule has 0 bridgehead atoms. The van der Waals surface area contributed by atoms with E-state index in [0.29, 0.717) is 76.3 Å². The number of carboxylic acid groups (broad SMARTS) is 1. The number of aryl methyl sites for hydroxylation is 1. The van der Waals surface area contributed by atoms with Gasteiger partial charge in [0.15, 0.2) is 6.10 Å². The topological polar surface area (TPSA) is 349 Å². The van der Waals surface area contributed by atoms with Crippen molar-refractivity contribution in [2.24, 2.45) is 17.5 Å². The highest BCUT2D eigenvalue weighted by atomic mass is 16.6. The summed E-state index contributed by atoms with van der Waals surface area (Å²) in [6.45, 7) is 8.41. The van der Waals surface area contributed by atoms with Crippen LogP contribution in [0.5, 0.6) is 0 Å². The molecule has 2 aliphatic heterocycles. The molecule has 25 nitrogen and oxygen atoms in total. The standard InChI is InChI=1S/C46H71N7O18/c1-29(2)41(45(61)49-26-38(56)50-34-7-5-32(28-70-30(3)54)31(23-34)6-8-35-25-37(55)42(59)43(71-35)46(62)63)51-44(60)36(53-39(57)9-10-40(53)58)24-33(47)27-52(48)11-12-65-15-16-67-19-20-69-22-21-68-18-17-66-14-13-64-4/h5,7,9-10,23,27,29,35-37,41-43,55,59H,6,8,11-22,24-26,28,47-48H2,1-4H3,(H,49,61)(H,50,56)(H,51,60)(H,62,63)/b33-27-/t35?,36?,37?,41?,42-,43?/m0/s1. The number of nitrogens with two attached hydrogens (primary N) is 2. The van der Waals surface area contributed by atoms with Crippen LogP contribution in [0.1, 0.15) is 51.2 Å². The molecule has 3 rings (SSSR count). The molecule has 1 aromatic carbocycles. The number of aliphatic hydroxyl groups excluding tert-OH is 2. The lowest BCUT2D eigenvalue weighted by Gasteiger charge is -2.35. The first-order chi connectivity index (χ1) is 33.9. The summed E-state index contributed by atoms with van der Waals surface area (Å²) in [7, 11) is 1.61. The average Bonchev–Trinajstić information content (AvgIpc) is 3.65. The van der Waals surface area contributed by atoms with Crippen LogP contribution in [0.15, 0.2) is 42.2 Å². The lowest BCUT2D eigenvalue weighted by Crippen LogP contribution is -2.57. The zero-order valence-electron chi connectivity index (χ0n) is 40.7. The highest BCUT2D eigenvalue weighted by Gasteiger charge is 2.41. The molecule has 2 aliphatic rings. The molecule has 10 N–H and O–H groups in total. The first-order valence-electron chi connectivity index (χ1n) is 23.2. The largest absolute Gasteiger partial charge is 0.479 e. The minimum absolute atomic E-state index is 0.0257. The van der Waals surface area contributed by atoms with Crippen LogP contribution in [-0.4, -0.2) is 196 Å². The summed E-state index contributed by atoms with van der Waals surface area (Å²) in [5, 5.41) is 38.7. The van der Waals surface area contributed by atoms with E-state index in [9.17, 15) is 48.9 Å². The molecule has 25 heteroatoms. The number of esters is 1. The van der Waals surface area contributed by atoms with Crippen molar-refractivity contribution < 1.29 is 86.8 Å². The molecule has 5 amide bonds. The van der Waals surface area contributed by atoms with Crippen molar-refractivity contribution in [2.45, 2.75) is 89.6 Å². The lowest BCUT2D eigenvalue weighted by atomic mass is 9.93. The summed E-state index contributed by atoms with van der Waals surface area (Å²) in [5.74, 6) is -0.214. The van der Waals surface area contributed by atoms with E-state index < -0.39 is 90.4 Å². The van der Waals surface area contributed by atoms with Gasteiger partial charge in [-0.15, -0.1) is 0 Å². The van der Waals surface area contributed by atoms with Crippen LogP contribution in [0, 0.1) is 5.92 Å². The van der Waals surface area contributed by atoms with E-state index in [2.05, 4.69) is 16.0 Å². The summed E-state index contributed by atoms with van der Waals surface area (Å²) >= 11 is 0. The Balaban J connectivity index is 1.50. The Morgan fingerprint density at radius 2 is 1.45 bits per heavy atom. The van der Waals surface area contributed by atoms with E-state index in [1.54, 1.807) is 39.2 Å². The maximum Gasteiger partial charge on any atom is 0.335 e. The summed E-state index contributed by atoms with van der Waals surface area (Å²) < 4.78 is 42.8. The number of carboxylic acids is 1. The number of aliphatic hydroxyl groups is 2. The fourth-order valence-corrected chi connectivity index (χ4v) is 7.05. The number of hydrogen-bond acceptors (Lipinski definition) is 20. The normalized spacial score (nSPS) is 18.9. The quantitative estimate of drug-likeness (QED) is 0.0123. The number of nitrogens with one attached hydrogen (secondary N) is 3. The van der Waals surface area contributed by atoms with Gasteiger partial charge in [0.05, 0.1) is 98.0 Å². The zero-order valence-corrected chi connectivity index (χ0v) is 40.7. The highest BCUT2D eigenvalue weighted by Crippen LogP contribution is 2.26. The minimum atomic E-state index is -1.62. The van der Waals surface area contributed by atoms with Gasteiger partial charge < -0.3 is 79.9 Å². The van der Waals surface area contributed by atoms with Gasteiger partial charge >= 0.3 is 11.9 Å². The molecule has 0 saturated carbocycles. The summed E-state index contributed by atoms with van der Waals surface area (Å²) in [6.07, 6.45) is -1.87. The number of methoxy groups -OCH3 is 1. The number of amides is 5. The monoisotopic (exact) mass is 1010 g/mol. The van der Waals surface area contributed by atoms with Crippen molar-refractivity contribution in [1.82, 2.24) is 20.5 Å². The number of hydrogen-bond donors (Lipinski definition) is 8. The average molecular weight is 1010 g/mol. The molecule has 398 valence electrons. The van der Waals surface area contributed by atoms with Crippen molar-refractivity contribution in [3.05, 3.63) is 53.4 Å². The van der Waals surface area contributed by atoms with Gasteiger partial charge in [0, 0.05) is 56.6 Å². The molecule has 6 atom stereocenters. The number of carbonyl (C=O) groups excluding carboxylic acids is 6.